The van der Waals surface area contributed by atoms with Crippen molar-refractivity contribution in [3.8, 4) is 22.6 Å². The third-order valence-electron chi connectivity index (χ3n) is 5.58. The molecule has 1 amide bonds. The minimum absolute atomic E-state index is 0.158. The Kier molecular flexibility index (Phi) is 5.38. The molecule has 2 aromatic carbocycles. The highest BCUT2D eigenvalue weighted by atomic mass is 32.1. The molecule has 1 aliphatic heterocycles. The van der Waals surface area contributed by atoms with Gasteiger partial charge in [0.2, 0.25) is 5.91 Å². The van der Waals surface area contributed by atoms with Crippen LogP contribution in [0.4, 0.5) is 5.69 Å². The Bertz CT molecular complexity index is 1210. The molecular formula is C25H23N3O2S. The molecule has 0 bridgehead atoms. The highest BCUT2D eigenvalue weighted by molar-refractivity contribution is 7.09. The summed E-state index contributed by atoms with van der Waals surface area (Å²) in [5.74, 6) is 1.60. The molecule has 0 saturated heterocycles. The Morgan fingerprint density at radius 2 is 2.03 bits per heavy atom. The van der Waals surface area contributed by atoms with Crippen LogP contribution in [0.1, 0.15) is 29.3 Å². The van der Waals surface area contributed by atoms with Gasteiger partial charge in [-0.05, 0) is 37.5 Å². The molecule has 0 radical (unpaired) electrons. The van der Waals surface area contributed by atoms with Gasteiger partial charge in [0.05, 0.1) is 16.9 Å². The van der Waals surface area contributed by atoms with Crippen LogP contribution in [0.3, 0.4) is 0 Å². The lowest BCUT2D eigenvalue weighted by atomic mass is 10.1. The van der Waals surface area contributed by atoms with Crippen molar-refractivity contribution in [2.24, 2.45) is 0 Å². The highest BCUT2D eigenvalue weighted by Crippen LogP contribution is 2.33. The molecule has 2 aromatic heterocycles. The summed E-state index contributed by atoms with van der Waals surface area (Å²) in [5.41, 5.74) is 5.39. The fraction of sp³-hybridized carbons (Fsp3) is 0.240. The smallest absolute Gasteiger partial charge is 0.227 e. The van der Waals surface area contributed by atoms with Crippen LogP contribution in [0.5, 0.6) is 0 Å². The topological polar surface area (TPSA) is 59.2 Å². The van der Waals surface area contributed by atoms with Crippen molar-refractivity contribution in [3.63, 3.8) is 0 Å². The van der Waals surface area contributed by atoms with Gasteiger partial charge in [-0.3, -0.25) is 4.79 Å². The number of aryl methyl sites for hydroxylation is 2. The van der Waals surface area contributed by atoms with Crippen molar-refractivity contribution in [2.75, 3.05) is 11.4 Å². The van der Waals surface area contributed by atoms with Crippen LogP contribution >= 0.6 is 11.3 Å². The van der Waals surface area contributed by atoms with Crippen molar-refractivity contribution in [2.45, 2.75) is 32.6 Å². The monoisotopic (exact) mass is 429 g/mol. The normalized spacial score (nSPS) is 12.9. The minimum Gasteiger partial charge on any atom is -0.441 e. The summed E-state index contributed by atoms with van der Waals surface area (Å²) >= 11 is 1.66. The van der Waals surface area contributed by atoms with Crippen molar-refractivity contribution in [1.82, 2.24) is 9.97 Å². The maximum Gasteiger partial charge on any atom is 0.227 e. The van der Waals surface area contributed by atoms with Gasteiger partial charge in [0, 0.05) is 41.6 Å². The second kappa shape index (κ2) is 8.47. The molecule has 156 valence electrons. The molecule has 5 rings (SSSR count). The molecule has 0 spiro atoms. The van der Waals surface area contributed by atoms with Gasteiger partial charge < -0.3 is 9.32 Å². The number of anilines is 1. The first-order chi connectivity index (χ1) is 15.2. The lowest BCUT2D eigenvalue weighted by Gasteiger charge is -2.17. The number of hydrogen-bond donors (Lipinski definition) is 0. The van der Waals surface area contributed by atoms with E-state index in [-0.39, 0.29) is 5.91 Å². The van der Waals surface area contributed by atoms with Gasteiger partial charge in [-0.15, -0.1) is 11.3 Å². The molecular weight excluding hydrogens is 406 g/mol. The molecule has 0 atom stereocenters. The maximum atomic E-state index is 12.8. The number of carbonyl (C=O) groups is 1. The molecule has 5 nitrogen and oxygen atoms in total. The van der Waals surface area contributed by atoms with Crippen LogP contribution in [0, 0.1) is 6.92 Å². The van der Waals surface area contributed by atoms with Crippen LogP contribution in [0.15, 0.2) is 64.5 Å². The van der Waals surface area contributed by atoms with Crippen LogP contribution in [0.2, 0.25) is 0 Å². The van der Waals surface area contributed by atoms with E-state index in [1.807, 2.05) is 42.2 Å². The number of nitrogens with zero attached hydrogens (tertiary/aromatic N) is 3. The lowest BCUT2D eigenvalue weighted by Crippen LogP contribution is -2.28. The minimum atomic E-state index is 0.158. The zero-order valence-corrected chi connectivity index (χ0v) is 18.2. The molecule has 0 saturated carbocycles. The fourth-order valence-corrected chi connectivity index (χ4v) is 4.63. The van der Waals surface area contributed by atoms with E-state index in [2.05, 4.69) is 33.5 Å². The summed E-state index contributed by atoms with van der Waals surface area (Å²) in [5, 5.41) is 3.15. The Labute approximate surface area is 185 Å². The van der Waals surface area contributed by atoms with Crippen molar-refractivity contribution in [1.29, 1.82) is 0 Å². The predicted octanol–water partition coefficient (Wildman–Crippen LogP) is 5.69. The van der Waals surface area contributed by atoms with Gasteiger partial charge in [-0.25, -0.2) is 9.97 Å². The van der Waals surface area contributed by atoms with Crippen LogP contribution < -0.4 is 4.90 Å². The number of benzene rings is 2. The van der Waals surface area contributed by atoms with Crippen molar-refractivity contribution < 1.29 is 9.21 Å². The lowest BCUT2D eigenvalue weighted by molar-refractivity contribution is -0.118. The summed E-state index contributed by atoms with van der Waals surface area (Å²) < 4.78 is 5.85. The SMILES string of the molecule is Cc1nc(-c2ccc3c(c2)CCN3C(=O)CCCc2ncc(-c3ccccc3)o2)cs1. The average Bonchev–Trinajstić information content (AvgIpc) is 3.53. The van der Waals surface area contributed by atoms with Crippen molar-refractivity contribution >= 4 is 22.9 Å². The quantitative estimate of drug-likeness (QED) is 0.395. The number of fused-ring (bicyclic) bond motifs is 1. The largest absolute Gasteiger partial charge is 0.441 e. The average molecular weight is 430 g/mol. The van der Waals surface area contributed by atoms with Crippen molar-refractivity contribution in [3.05, 3.63) is 76.6 Å². The van der Waals surface area contributed by atoms with E-state index in [1.165, 1.54) is 5.56 Å². The third-order valence-corrected chi connectivity index (χ3v) is 6.36. The summed E-state index contributed by atoms with van der Waals surface area (Å²) in [6.45, 7) is 2.76. The van der Waals surface area contributed by atoms with E-state index < -0.39 is 0 Å². The molecule has 0 N–H and O–H groups in total. The molecule has 3 heterocycles. The van der Waals surface area contributed by atoms with Gasteiger partial charge in [-0.2, -0.15) is 0 Å². The van der Waals surface area contributed by atoms with E-state index in [0.29, 0.717) is 18.7 Å². The Hall–Kier alpha value is -3.25. The second-order valence-corrected chi connectivity index (χ2v) is 8.79. The van der Waals surface area contributed by atoms with Crippen LogP contribution in [0.25, 0.3) is 22.6 Å². The van der Waals surface area contributed by atoms with E-state index >= 15 is 0 Å². The molecule has 1 aliphatic rings. The number of thiazole rings is 1. The number of carbonyl (C=O) groups excluding carboxylic acids is 1. The Balaban J connectivity index is 1.19. The number of aromatic nitrogens is 2. The third kappa shape index (κ3) is 4.16. The number of hydrogen-bond acceptors (Lipinski definition) is 5. The van der Waals surface area contributed by atoms with Gasteiger partial charge in [0.1, 0.15) is 0 Å². The molecule has 0 fully saturated rings. The predicted molar refractivity (Wildman–Crippen MR) is 123 cm³/mol. The van der Waals surface area contributed by atoms with E-state index in [9.17, 15) is 4.79 Å². The Morgan fingerprint density at radius 1 is 1.16 bits per heavy atom. The van der Waals surface area contributed by atoms with Crippen LogP contribution in [-0.4, -0.2) is 22.4 Å². The zero-order valence-electron chi connectivity index (χ0n) is 17.4. The first kappa shape index (κ1) is 19.7. The number of oxazole rings is 1. The molecule has 31 heavy (non-hydrogen) atoms. The van der Waals surface area contributed by atoms with Gasteiger partial charge in [0.25, 0.3) is 0 Å². The summed E-state index contributed by atoms with van der Waals surface area (Å²) in [4.78, 5) is 23.7. The highest BCUT2D eigenvalue weighted by Gasteiger charge is 2.25. The van der Waals surface area contributed by atoms with E-state index in [1.54, 1.807) is 17.5 Å². The Morgan fingerprint density at radius 3 is 2.84 bits per heavy atom. The second-order valence-electron chi connectivity index (χ2n) is 7.73. The standard InChI is InChI=1S/C25H23N3O2S/c1-17-27-21(16-31-17)19-10-11-22-20(14-19)12-13-28(22)25(29)9-5-8-24-26-15-23(30-24)18-6-3-2-4-7-18/h2-4,6-7,10-11,14-16H,5,8-9,12-13H2,1H3. The molecule has 0 unspecified atom stereocenters. The fourth-order valence-electron chi connectivity index (χ4n) is 4.00. The van der Waals surface area contributed by atoms with Gasteiger partial charge in [0.15, 0.2) is 11.7 Å². The zero-order chi connectivity index (χ0) is 21.2. The summed E-state index contributed by atoms with van der Waals surface area (Å²) in [6.07, 6.45) is 4.50. The summed E-state index contributed by atoms with van der Waals surface area (Å²) in [6, 6.07) is 16.2. The first-order valence-corrected chi connectivity index (χ1v) is 11.4. The molecule has 6 heteroatoms. The van der Waals surface area contributed by atoms with Gasteiger partial charge >= 0.3 is 0 Å². The van der Waals surface area contributed by atoms with E-state index in [0.717, 1.165) is 52.7 Å². The molecule has 4 aromatic rings. The van der Waals surface area contributed by atoms with Gasteiger partial charge in [-0.1, -0.05) is 36.4 Å². The first-order valence-electron chi connectivity index (χ1n) is 10.5. The van der Waals surface area contributed by atoms with E-state index in [4.69, 9.17) is 4.42 Å². The maximum absolute atomic E-state index is 12.8. The number of amides is 1. The number of rotatable bonds is 6. The summed E-state index contributed by atoms with van der Waals surface area (Å²) in [7, 11) is 0. The molecule has 0 aliphatic carbocycles. The van der Waals surface area contributed by atoms with Crippen LogP contribution in [-0.2, 0) is 17.6 Å².